The minimum Gasteiger partial charge on any atom is -0.383 e. The van der Waals surface area contributed by atoms with Crippen molar-refractivity contribution in [3.8, 4) is 0 Å². The molecule has 2 N–H and O–H groups in total. The fourth-order valence-corrected chi connectivity index (χ4v) is 4.97. The molecule has 3 heterocycles. The number of aryl methyl sites for hydroxylation is 2. The van der Waals surface area contributed by atoms with E-state index in [0.29, 0.717) is 46.2 Å². The van der Waals surface area contributed by atoms with Crippen LogP contribution in [0.3, 0.4) is 0 Å². The summed E-state index contributed by atoms with van der Waals surface area (Å²) in [7, 11) is 3.39. The number of amides is 1. The molecule has 4 aromatic rings. The summed E-state index contributed by atoms with van der Waals surface area (Å²) < 4.78 is 41.0. The second-order valence-electron chi connectivity index (χ2n) is 8.70. The predicted octanol–water partition coefficient (Wildman–Crippen LogP) is 4.70. The number of rotatable bonds is 2. The van der Waals surface area contributed by atoms with Gasteiger partial charge in [0, 0.05) is 25.2 Å². The molecular weight excluding hydrogens is 469 g/mol. The molecule has 176 valence electrons. The molecule has 1 amide bonds. The van der Waals surface area contributed by atoms with Crippen LogP contribution in [0, 0.1) is 0 Å². The minimum atomic E-state index is -4.52. The van der Waals surface area contributed by atoms with E-state index in [1.165, 1.54) is 11.0 Å². The van der Waals surface area contributed by atoms with E-state index in [4.69, 9.17) is 17.3 Å². The first kappa shape index (κ1) is 22.4. The smallest absolute Gasteiger partial charge is 0.383 e. The van der Waals surface area contributed by atoms with Gasteiger partial charge in [0.1, 0.15) is 11.5 Å². The Morgan fingerprint density at radius 3 is 2.68 bits per heavy atom. The van der Waals surface area contributed by atoms with Crippen molar-refractivity contribution in [1.29, 1.82) is 0 Å². The van der Waals surface area contributed by atoms with E-state index >= 15 is 0 Å². The number of carbonyl (C=O) groups excluding carboxylic acids is 1. The van der Waals surface area contributed by atoms with Crippen LogP contribution in [0.2, 0.25) is 5.02 Å². The van der Waals surface area contributed by atoms with Crippen molar-refractivity contribution in [1.82, 2.24) is 24.6 Å². The summed E-state index contributed by atoms with van der Waals surface area (Å²) in [6, 6.07) is 5.62. The molecule has 34 heavy (non-hydrogen) atoms. The lowest BCUT2D eigenvalue weighted by atomic mass is 9.92. The zero-order valence-electron chi connectivity index (χ0n) is 18.5. The standard InChI is InChI=1S/C23H20ClF3N6O/c1-22(7-6-16-14(22)4-5-18(30-16)23(25,26)27)32(2)21(34)11-8-12-17(9-15(11)24)31-20(28)13-10-29-33(3)19(12)13/h4-5,8-10H,6-7H2,1-3H3,(H2,28,31)/t22-/m1/s1. The quantitative estimate of drug-likeness (QED) is 0.441. The van der Waals surface area contributed by atoms with Gasteiger partial charge < -0.3 is 10.6 Å². The lowest BCUT2D eigenvalue weighted by Crippen LogP contribution is -2.43. The van der Waals surface area contributed by atoms with Crippen LogP contribution in [0.1, 0.15) is 40.7 Å². The summed E-state index contributed by atoms with van der Waals surface area (Å²) in [5.41, 5.74) is 6.71. The Bertz CT molecular complexity index is 1500. The van der Waals surface area contributed by atoms with E-state index in [0.717, 1.165) is 11.6 Å². The first-order valence-corrected chi connectivity index (χ1v) is 10.9. The first-order valence-electron chi connectivity index (χ1n) is 10.5. The molecule has 0 bridgehead atoms. The molecule has 0 aliphatic heterocycles. The normalized spacial score (nSPS) is 18.0. The van der Waals surface area contributed by atoms with Crippen LogP contribution in [0.4, 0.5) is 19.0 Å². The van der Waals surface area contributed by atoms with E-state index in [1.54, 1.807) is 37.1 Å². The molecule has 0 saturated heterocycles. The molecular formula is C23H20ClF3N6O. The van der Waals surface area contributed by atoms with Crippen molar-refractivity contribution in [2.24, 2.45) is 7.05 Å². The number of hydrogen-bond donors (Lipinski definition) is 1. The number of nitrogens with two attached hydrogens (primary N) is 1. The topological polar surface area (TPSA) is 89.9 Å². The van der Waals surface area contributed by atoms with E-state index < -0.39 is 17.4 Å². The molecule has 11 heteroatoms. The number of halogens is 4. The van der Waals surface area contributed by atoms with Crippen LogP contribution in [0.25, 0.3) is 21.8 Å². The van der Waals surface area contributed by atoms with E-state index in [2.05, 4.69) is 15.1 Å². The van der Waals surface area contributed by atoms with Crippen molar-refractivity contribution in [3.05, 3.63) is 58.0 Å². The number of nitrogen functional groups attached to an aromatic ring is 1. The van der Waals surface area contributed by atoms with Crippen molar-refractivity contribution in [2.45, 2.75) is 31.5 Å². The Labute approximate surface area is 197 Å². The van der Waals surface area contributed by atoms with Gasteiger partial charge in [-0.25, -0.2) is 9.97 Å². The number of alkyl halides is 3. The van der Waals surface area contributed by atoms with Gasteiger partial charge in [-0.15, -0.1) is 0 Å². The zero-order valence-corrected chi connectivity index (χ0v) is 19.3. The molecule has 1 aliphatic carbocycles. The van der Waals surface area contributed by atoms with E-state index in [-0.39, 0.29) is 16.5 Å². The molecule has 0 fully saturated rings. The Hall–Kier alpha value is -3.40. The fraction of sp³-hybridized carbons (Fsp3) is 0.304. The maximum Gasteiger partial charge on any atom is 0.433 e. The maximum absolute atomic E-state index is 13.6. The summed E-state index contributed by atoms with van der Waals surface area (Å²) >= 11 is 6.49. The highest BCUT2D eigenvalue weighted by atomic mass is 35.5. The van der Waals surface area contributed by atoms with Crippen molar-refractivity contribution in [3.63, 3.8) is 0 Å². The second-order valence-corrected chi connectivity index (χ2v) is 9.11. The number of fused-ring (bicyclic) bond motifs is 4. The average Bonchev–Trinajstić information content (AvgIpc) is 3.33. The summed E-state index contributed by atoms with van der Waals surface area (Å²) in [6.07, 6.45) is -2.15. The summed E-state index contributed by atoms with van der Waals surface area (Å²) in [6.45, 7) is 1.82. The third-order valence-corrected chi connectivity index (χ3v) is 7.08. The SMILES string of the molecule is CN(C(=O)c1cc2c(cc1Cl)nc(N)c1cnn(C)c12)[C@]1(C)CCc2nc(C(F)(F)F)ccc21. The number of pyridine rings is 2. The Kier molecular flexibility index (Phi) is 4.81. The van der Waals surface area contributed by atoms with Gasteiger partial charge >= 0.3 is 6.18 Å². The minimum absolute atomic E-state index is 0.199. The number of carbonyl (C=O) groups is 1. The third kappa shape index (κ3) is 3.19. The molecule has 1 aliphatic rings. The zero-order chi connectivity index (χ0) is 24.6. The van der Waals surface area contributed by atoms with E-state index in [1.807, 2.05) is 6.92 Å². The van der Waals surface area contributed by atoms with Crippen molar-refractivity contribution in [2.75, 3.05) is 12.8 Å². The molecule has 7 nitrogen and oxygen atoms in total. The molecule has 0 radical (unpaired) electrons. The molecule has 5 rings (SSSR count). The number of aromatic nitrogens is 4. The van der Waals surface area contributed by atoms with Crippen LogP contribution in [-0.2, 0) is 25.2 Å². The van der Waals surface area contributed by atoms with Gasteiger partial charge in [-0.2, -0.15) is 18.3 Å². The van der Waals surface area contributed by atoms with Crippen LogP contribution in [-0.4, -0.2) is 37.6 Å². The number of benzene rings is 1. The first-order chi connectivity index (χ1) is 15.9. The van der Waals surface area contributed by atoms with Crippen LogP contribution < -0.4 is 5.73 Å². The average molecular weight is 489 g/mol. The highest BCUT2D eigenvalue weighted by Gasteiger charge is 2.43. The predicted molar refractivity (Wildman–Crippen MR) is 122 cm³/mol. The molecule has 1 atom stereocenters. The van der Waals surface area contributed by atoms with Crippen LogP contribution in [0.5, 0.6) is 0 Å². The fourth-order valence-electron chi connectivity index (χ4n) is 4.73. The van der Waals surface area contributed by atoms with Gasteiger partial charge in [-0.05, 0) is 43.5 Å². The Morgan fingerprint density at radius 2 is 1.97 bits per heavy atom. The third-order valence-electron chi connectivity index (χ3n) is 6.76. The molecule has 1 aromatic carbocycles. The molecule has 0 saturated carbocycles. The molecule has 0 unspecified atom stereocenters. The molecule has 0 spiro atoms. The maximum atomic E-state index is 13.6. The van der Waals surface area contributed by atoms with Gasteiger partial charge in [-0.3, -0.25) is 9.48 Å². The number of nitrogens with zero attached hydrogens (tertiary/aromatic N) is 5. The van der Waals surface area contributed by atoms with Crippen LogP contribution >= 0.6 is 11.6 Å². The monoisotopic (exact) mass is 488 g/mol. The highest BCUT2D eigenvalue weighted by Crippen LogP contribution is 2.43. The van der Waals surface area contributed by atoms with Gasteiger partial charge in [0.15, 0.2) is 0 Å². The van der Waals surface area contributed by atoms with Gasteiger partial charge in [-0.1, -0.05) is 17.7 Å². The Balaban J connectivity index is 1.59. The number of anilines is 1. The van der Waals surface area contributed by atoms with Crippen molar-refractivity contribution < 1.29 is 18.0 Å². The lowest BCUT2D eigenvalue weighted by Gasteiger charge is -2.36. The lowest BCUT2D eigenvalue weighted by molar-refractivity contribution is -0.141. The second kappa shape index (κ2) is 7.30. The van der Waals surface area contributed by atoms with E-state index in [9.17, 15) is 18.0 Å². The summed E-state index contributed by atoms with van der Waals surface area (Å²) in [5.74, 6) is -0.0575. The largest absolute Gasteiger partial charge is 0.433 e. The number of hydrogen-bond acceptors (Lipinski definition) is 5. The Morgan fingerprint density at radius 1 is 1.24 bits per heavy atom. The summed E-state index contributed by atoms with van der Waals surface area (Å²) in [5, 5.41) is 5.77. The van der Waals surface area contributed by atoms with Crippen molar-refractivity contribution >= 4 is 45.1 Å². The molecule has 3 aromatic heterocycles. The van der Waals surface area contributed by atoms with Gasteiger partial charge in [0.25, 0.3) is 5.91 Å². The van der Waals surface area contributed by atoms with Gasteiger partial charge in [0.05, 0.1) is 38.7 Å². The van der Waals surface area contributed by atoms with Gasteiger partial charge in [0.2, 0.25) is 0 Å². The van der Waals surface area contributed by atoms with Crippen LogP contribution in [0.15, 0.2) is 30.5 Å². The summed E-state index contributed by atoms with van der Waals surface area (Å²) in [4.78, 5) is 23.4. The highest BCUT2D eigenvalue weighted by molar-refractivity contribution is 6.35.